The van der Waals surface area contributed by atoms with E-state index >= 15 is 0 Å². The Morgan fingerprint density at radius 1 is 1.08 bits per heavy atom. The number of imide groups is 1. The molecule has 7 rings (SSSR count). The molecule has 1 aromatic heterocycles. The van der Waals surface area contributed by atoms with Gasteiger partial charge in [0.25, 0.3) is 0 Å². The molecule has 3 aromatic rings. The van der Waals surface area contributed by atoms with Crippen LogP contribution in [0.4, 0.5) is 5.69 Å². The van der Waals surface area contributed by atoms with E-state index in [-0.39, 0.29) is 57.9 Å². The summed E-state index contributed by atoms with van der Waals surface area (Å²) in [4.78, 5) is 57.5. The number of methoxy groups -OCH3 is 1. The first-order chi connectivity index (χ1) is 18.9. The molecule has 7 atom stereocenters. The number of carbonyl (C=O) groups excluding carboxylic acids is 3. The van der Waals surface area contributed by atoms with Crippen LogP contribution in [-0.2, 0) is 14.4 Å². The number of aromatic nitrogens is 1. The van der Waals surface area contributed by atoms with Crippen LogP contribution in [0.5, 0.6) is 11.5 Å². The predicted molar refractivity (Wildman–Crippen MR) is 145 cm³/mol. The lowest BCUT2D eigenvalue weighted by atomic mass is 9.68. The maximum absolute atomic E-state index is 13.7. The fourth-order valence-electron chi connectivity index (χ4n) is 7.39. The number of anilines is 1. The molecule has 2 bridgehead atoms. The number of amides is 3. The first-order valence-electron chi connectivity index (χ1n) is 12.8. The maximum atomic E-state index is 13.7. The second-order valence-electron chi connectivity index (χ2n) is 10.6. The number of nitrogens with one attached hydrogen (secondary N) is 2. The number of likely N-dealkylation sites (tertiary alicyclic amines) is 1. The molecule has 11 heteroatoms. The van der Waals surface area contributed by atoms with Gasteiger partial charge in [-0.3, -0.25) is 24.1 Å². The molecule has 0 radical (unpaired) electrons. The van der Waals surface area contributed by atoms with Crippen molar-refractivity contribution in [1.29, 1.82) is 0 Å². The number of aromatic amines is 1. The van der Waals surface area contributed by atoms with Gasteiger partial charge in [-0.1, -0.05) is 29.5 Å². The van der Waals surface area contributed by atoms with Crippen molar-refractivity contribution >= 4 is 46.5 Å². The summed E-state index contributed by atoms with van der Waals surface area (Å²) in [5.41, 5.74) is 1.46. The summed E-state index contributed by atoms with van der Waals surface area (Å²) in [5.74, 6) is -1.28. The lowest BCUT2D eigenvalue weighted by Gasteiger charge is -2.43. The molecule has 2 aliphatic heterocycles. The van der Waals surface area contributed by atoms with Gasteiger partial charge in [0.2, 0.25) is 17.7 Å². The highest BCUT2D eigenvalue weighted by Gasteiger charge is 2.69. The van der Waals surface area contributed by atoms with Crippen LogP contribution in [0.25, 0.3) is 0 Å². The van der Waals surface area contributed by atoms with Crippen molar-refractivity contribution in [2.45, 2.75) is 22.6 Å². The van der Waals surface area contributed by atoms with Gasteiger partial charge in [-0.05, 0) is 54.5 Å². The van der Waals surface area contributed by atoms with Crippen molar-refractivity contribution in [2.24, 2.45) is 29.6 Å². The minimum Gasteiger partial charge on any atom is -0.508 e. The molecule has 3 N–H and O–H groups in total. The Morgan fingerprint density at radius 3 is 2.54 bits per heavy atom. The van der Waals surface area contributed by atoms with Crippen molar-refractivity contribution in [1.82, 2.24) is 9.88 Å². The van der Waals surface area contributed by atoms with Crippen molar-refractivity contribution in [3.63, 3.8) is 0 Å². The average molecular weight is 564 g/mol. The van der Waals surface area contributed by atoms with E-state index in [0.717, 1.165) is 32.5 Å². The number of thioether (sulfide) groups is 1. The SMILES string of the molecule is COc1ccccc1[C@H]1c2sc(=O)[nH]c2SC2C3CC(C4C(=O)N(CC(=O)Nc5ccc(O)cc5)C(=O)C34)C21. The zero-order valence-corrected chi connectivity index (χ0v) is 22.5. The quantitative estimate of drug-likeness (QED) is 0.321. The van der Waals surface area contributed by atoms with Gasteiger partial charge < -0.3 is 20.1 Å². The number of H-pyrrole nitrogens is 1. The van der Waals surface area contributed by atoms with Crippen LogP contribution in [0.3, 0.4) is 0 Å². The lowest BCUT2D eigenvalue weighted by molar-refractivity contribution is -0.143. The monoisotopic (exact) mass is 563 g/mol. The van der Waals surface area contributed by atoms with E-state index in [9.17, 15) is 24.3 Å². The summed E-state index contributed by atoms with van der Waals surface area (Å²) in [7, 11) is 1.63. The highest BCUT2D eigenvalue weighted by atomic mass is 32.2. The first kappa shape index (κ1) is 24.5. The Morgan fingerprint density at radius 2 is 1.79 bits per heavy atom. The van der Waals surface area contributed by atoms with E-state index in [2.05, 4.69) is 10.3 Å². The van der Waals surface area contributed by atoms with E-state index in [0.29, 0.717) is 5.69 Å². The molecule has 3 amide bonds. The molecular formula is C28H25N3O6S2. The van der Waals surface area contributed by atoms with Gasteiger partial charge in [0.1, 0.15) is 18.0 Å². The lowest BCUT2D eigenvalue weighted by Crippen LogP contribution is -2.42. The van der Waals surface area contributed by atoms with Crippen molar-refractivity contribution in [2.75, 3.05) is 19.0 Å². The second-order valence-corrected chi connectivity index (χ2v) is 12.8. The number of nitrogens with zero attached hydrogens (tertiary/aromatic N) is 1. The average Bonchev–Trinajstić information content (AvgIpc) is 3.66. The fraction of sp³-hybridized carbons (Fsp3) is 0.357. The van der Waals surface area contributed by atoms with Gasteiger partial charge in [-0.2, -0.15) is 0 Å². The Hall–Kier alpha value is -3.57. The summed E-state index contributed by atoms with van der Waals surface area (Å²) in [6, 6.07) is 13.8. The van der Waals surface area contributed by atoms with Crippen LogP contribution in [0.2, 0.25) is 0 Å². The molecule has 39 heavy (non-hydrogen) atoms. The van der Waals surface area contributed by atoms with Gasteiger partial charge in [-0.25, -0.2) is 0 Å². The number of hydrogen-bond acceptors (Lipinski definition) is 8. The molecule has 9 nitrogen and oxygen atoms in total. The fourth-order valence-corrected chi connectivity index (χ4v) is 10.3. The number of carbonyl (C=O) groups is 3. The highest BCUT2D eigenvalue weighted by Crippen LogP contribution is 2.68. The normalized spacial score (nSPS) is 30.2. The largest absolute Gasteiger partial charge is 0.508 e. The van der Waals surface area contributed by atoms with E-state index in [1.165, 1.54) is 23.5 Å². The number of phenolic OH excluding ortho intramolecular Hbond substituents is 1. The molecule has 2 aromatic carbocycles. The van der Waals surface area contributed by atoms with Gasteiger partial charge >= 0.3 is 4.87 Å². The zero-order valence-electron chi connectivity index (χ0n) is 20.8. The standard InChI is InChI=1S/C28H25N3O6S2/c1-37-17-5-3-2-4-14(17)19-20-15-10-16(23(20)38-25-24(19)39-28(36)30-25)22-21(15)26(34)31(27(22)35)11-18(33)29-12-6-8-13(32)9-7-12/h2-9,15-16,19-23,32H,10-11H2,1H3,(H,29,33)(H,30,36)/t15?,16?,19-,20?,21?,22?,23?/m1/s1. The number of fused-ring (bicyclic) bond motifs is 9. The number of aromatic hydroxyl groups is 1. The summed E-state index contributed by atoms with van der Waals surface area (Å²) in [6.45, 7) is -0.343. The molecule has 4 aliphatic rings. The van der Waals surface area contributed by atoms with Crippen molar-refractivity contribution in [3.05, 3.63) is 68.6 Å². The van der Waals surface area contributed by atoms with Crippen LogP contribution < -0.4 is 14.9 Å². The number of thiazole rings is 1. The van der Waals surface area contributed by atoms with Gasteiger partial charge in [0.15, 0.2) is 0 Å². The number of rotatable bonds is 5. The van der Waals surface area contributed by atoms with Gasteiger partial charge in [-0.15, -0.1) is 11.8 Å². The third-order valence-electron chi connectivity index (χ3n) is 8.74. The summed E-state index contributed by atoms with van der Waals surface area (Å²) in [5, 5.41) is 13.1. The Balaban J connectivity index is 1.20. The van der Waals surface area contributed by atoms with Crippen molar-refractivity contribution < 1.29 is 24.2 Å². The van der Waals surface area contributed by atoms with E-state index in [1.807, 2.05) is 24.3 Å². The topological polar surface area (TPSA) is 129 Å². The van der Waals surface area contributed by atoms with E-state index in [4.69, 9.17) is 4.74 Å². The molecule has 3 heterocycles. The predicted octanol–water partition coefficient (Wildman–Crippen LogP) is 3.26. The molecular weight excluding hydrogens is 538 g/mol. The second kappa shape index (κ2) is 8.99. The maximum Gasteiger partial charge on any atom is 0.305 e. The minimum atomic E-state index is -0.472. The highest BCUT2D eigenvalue weighted by molar-refractivity contribution is 8.00. The van der Waals surface area contributed by atoms with Crippen LogP contribution in [0.1, 0.15) is 22.8 Å². The first-order valence-corrected chi connectivity index (χ1v) is 14.5. The van der Waals surface area contributed by atoms with Gasteiger partial charge in [0, 0.05) is 27.3 Å². The molecule has 200 valence electrons. The molecule has 2 aliphatic carbocycles. The third kappa shape index (κ3) is 3.66. The van der Waals surface area contributed by atoms with Crippen LogP contribution in [-0.4, -0.2) is 51.6 Å². The smallest absolute Gasteiger partial charge is 0.305 e. The third-order valence-corrected chi connectivity index (χ3v) is 11.3. The molecule has 2 saturated carbocycles. The summed E-state index contributed by atoms with van der Waals surface area (Å²) < 4.78 is 5.71. The van der Waals surface area contributed by atoms with E-state index in [1.54, 1.807) is 31.0 Å². The molecule has 3 fully saturated rings. The Labute approximate surface area is 231 Å². The number of hydrogen-bond donors (Lipinski definition) is 3. The summed E-state index contributed by atoms with van der Waals surface area (Å²) >= 11 is 2.83. The van der Waals surface area contributed by atoms with Crippen LogP contribution in [0, 0.1) is 29.6 Å². The number of ether oxygens (including phenoxy) is 1. The molecule has 0 spiro atoms. The summed E-state index contributed by atoms with van der Waals surface area (Å²) in [6.07, 6.45) is 0.771. The van der Waals surface area contributed by atoms with Gasteiger partial charge in [0.05, 0.1) is 24.0 Å². The molecule has 1 saturated heterocycles. The number of phenols is 1. The van der Waals surface area contributed by atoms with Crippen LogP contribution >= 0.6 is 23.1 Å². The number of benzene rings is 2. The zero-order chi connectivity index (χ0) is 27.0. The van der Waals surface area contributed by atoms with Crippen LogP contribution in [0.15, 0.2) is 58.4 Å². The number of para-hydroxylation sites is 1. The Bertz CT molecular complexity index is 1570. The van der Waals surface area contributed by atoms with E-state index < -0.39 is 17.7 Å². The van der Waals surface area contributed by atoms with Crippen molar-refractivity contribution in [3.8, 4) is 11.5 Å². The minimum absolute atomic E-state index is 0.0228. The molecule has 6 unspecified atom stereocenters. The Kier molecular flexibility index (Phi) is 5.64.